The molecule has 1 atom stereocenters. The van der Waals surface area contributed by atoms with Crippen molar-refractivity contribution in [3.05, 3.63) is 65.5 Å². The van der Waals surface area contributed by atoms with Crippen molar-refractivity contribution < 1.29 is 0 Å². The smallest absolute Gasteiger partial charge is 0.0751 e. The Kier molecular flexibility index (Phi) is 4.66. The molecule has 1 aliphatic rings. The van der Waals surface area contributed by atoms with Gasteiger partial charge in [0.25, 0.3) is 0 Å². The van der Waals surface area contributed by atoms with Gasteiger partial charge in [0.1, 0.15) is 0 Å². The van der Waals surface area contributed by atoms with Gasteiger partial charge in [-0.1, -0.05) is 43.7 Å². The van der Waals surface area contributed by atoms with Crippen LogP contribution in [0, 0.1) is 0 Å². The lowest BCUT2D eigenvalue weighted by Gasteiger charge is -2.26. The van der Waals surface area contributed by atoms with E-state index in [0.29, 0.717) is 0 Å². The van der Waals surface area contributed by atoms with Crippen LogP contribution in [0.15, 0.2) is 48.7 Å². The summed E-state index contributed by atoms with van der Waals surface area (Å²) in [5.74, 6) is 0.802. The summed E-state index contributed by atoms with van der Waals surface area (Å²) >= 11 is 0. The van der Waals surface area contributed by atoms with Crippen LogP contribution in [-0.4, -0.2) is 11.5 Å². The number of rotatable bonds is 6. The van der Waals surface area contributed by atoms with Gasteiger partial charge in [0.05, 0.1) is 11.7 Å². The quantitative estimate of drug-likeness (QED) is 0.846. The van der Waals surface area contributed by atoms with E-state index in [9.17, 15) is 0 Å². The monoisotopic (exact) mass is 280 g/mol. The molecule has 0 amide bonds. The largest absolute Gasteiger partial charge is 0.305 e. The summed E-state index contributed by atoms with van der Waals surface area (Å²) in [5.41, 5.74) is 3.91. The van der Waals surface area contributed by atoms with Crippen LogP contribution in [0.1, 0.15) is 61.4 Å². The standard InChI is InChI=1S/C19H24N2/c1-2-13-21-19(18-8-3-4-14-20-18)17-11-9-16(10-12-17)15-6-5-7-15/h3-4,8-12,14-15,19,21H,2,5-7,13H2,1H3. The van der Waals surface area contributed by atoms with Crippen LogP contribution in [0.2, 0.25) is 0 Å². The SMILES string of the molecule is CCCNC(c1ccc(C2CCC2)cc1)c1ccccn1. The second kappa shape index (κ2) is 6.86. The van der Waals surface area contributed by atoms with E-state index in [1.807, 2.05) is 12.3 Å². The van der Waals surface area contributed by atoms with E-state index in [1.165, 1.54) is 30.4 Å². The molecule has 1 aromatic heterocycles. The van der Waals surface area contributed by atoms with Gasteiger partial charge in [-0.3, -0.25) is 4.98 Å². The molecule has 2 nitrogen and oxygen atoms in total. The molecular formula is C19H24N2. The molecule has 1 fully saturated rings. The van der Waals surface area contributed by atoms with Crippen LogP contribution < -0.4 is 5.32 Å². The Morgan fingerprint density at radius 3 is 2.52 bits per heavy atom. The van der Waals surface area contributed by atoms with E-state index in [0.717, 1.165) is 24.6 Å². The van der Waals surface area contributed by atoms with E-state index < -0.39 is 0 Å². The molecule has 2 aromatic rings. The topological polar surface area (TPSA) is 24.9 Å². The van der Waals surface area contributed by atoms with Crippen molar-refractivity contribution in [2.75, 3.05) is 6.54 Å². The molecule has 110 valence electrons. The predicted molar refractivity (Wildman–Crippen MR) is 87.4 cm³/mol. The van der Waals surface area contributed by atoms with E-state index >= 15 is 0 Å². The van der Waals surface area contributed by atoms with Crippen molar-refractivity contribution in [1.29, 1.82) is 0 Å². The maximum Gasteiger partial charge on any atom is 0.0751 e. The fourth-order valence-electron chi connectivity index (χ4n) is 2.93. The average molecular weight is 280 g/mol. The summed E-state index contributed by atoms with van der Waals surface area (Å²) in [5, 5.41) is 3.62. The van der Waals surface area contributed by atoms with Crippen molar-refractivity contribution in [2.45, 2.75) is 44.6 Å². The van der Waals surface area contributed by atoms with Gasteiger partial charge in [-0.15, -0.1) is 0 Å². The highest BCUT2D eigenvalue weighted by atomic mass is 14.9. The van der Waals surface area contributed by atoms with Gasteiger partial charge in [0.2, 0.25) is 0 Å². The summed E-state index contributed by atoms with van der Waals surface area (Å²) in [7, 11) is 0. The average Bonchev–Trinajstić information content (AvgIpc) is 2.49. The third kappa shape index (κ3) is 3.33. The maximum absolute atomic E-state index is 4.53. The zero-order chi connectivity index (χ0) is 14.5. The minimum Gasteiger partial charge on any atom is -0.305 e. The second-order valence-corrected chi connectivity index (χ2v) is 5.94. The van der Waals surface area contributed by atoms with Crippen molar-refractivity contribution >= 4 is 0 Å². The minimum absolute atomic E-state index is 0.196. The second-order valence-electron chi connectivity index (χ2n) is 5.94. The van der Waals surface area contributed by atoms with Crippen LogP contribution >= 0.6 is 0 Å². The molecule has 0 aliphatic heterocycles. The first kappa shape index (κ1) is 14.3. The van der Waals surface area contributed by atoms with Gasteiger partial charge in [-0.2, -0.15) is 0 Å². The molecule has 0 saturated heterocycles. The Morgan fingerprint density at radius 1 is 1.14 bits per heavy atom. The summed E-state index contributed by atoms with van der Waals surface area (Å²) in [6.07, 6.45) is 7.11. The van der Waals surface area contributed by atoms with Crippen molar-refractivity contribution in [3.63, 3.8) is 0 Å². The predicted octanol–water partition coefficient (Wildman–Crippen LogP) is 4.44. The van der Waals surface area contributed by atoms with Crippen molar-refractivity contribution in [2.24, 2.45) is 0 Å². The Balaban J connectivity index is 1.81. The van der Waals surface area contributed by atoms with Gasteiger partial charge in [0, 0.05) is 6.20 Å². The van der Waals surface area contributed by atoms with Crippen LogP contribution in [0.5, 0.6) is 0 Å². The normalized spacial score (nSPS) is 16.4. The zero-order valence-corrected chi connectivity index (χ0v) is 12.8. The highest BCUT2D eigenvalue weighted by molar-refractivity contribution is 5.32. The fraction of sp³-hybridized carbons (Fsp3) is 0.421. The molecule has 3 rings (SSSR count). The number of hydrogen-bond acceptors (Lipinski definition) is 2. The minimum atomic E-state index is 0.196. The number of nitrogens with zero attached hydrogens (tertiary/aromatic N) is 1. The van der Waals surface area contributed by atoms with Gasteiger partial charge in [0.15, 0.2) is 0 Å². The molecule has 21 heavy (non-hydrogen) atoms. The number of nitrogens with one attached hydrogen (secondary N) is 1. The molecule has 0 bridgehead atoms. The number of hydrogen-bond donors (Lipinski definition) is 1. The van der Waals surface area contributed by atoms with Crippen molar-refractivity contribution in [3.8, 4) is 0 Å². The Labute approximate surface area is 127 Å². The first-order chi connectivity index (χ1) is 10.4. The van der Waals surface area contributed by atoms with Crippen LogP contribution in [-0.2, 0) is 0 Å². The maximum atomic E-state index is 4.53. The molecule has 1 heterocycles. The number of benzene rings is 1. The molecule has 1 N–H and O–H groups in total. The fourth-order valence-corrected chi connectivity index (χ4v) is 2.93. The number of aromatic nitrogens is 1. The van der Waals surface area contributed by atoms with Gasteiger partial charge in [-0.25, -0.2) is 0 Å². The molecule has 2 heteroatoms. The van der Waals surface area contributed by atoms with Crippen LogP contribution in [0.4, 0.5) is 0 Å². The van der Waals surface area contributed by atoms with E-state index in [-0.39, 0.29) is 6.04 Å². The molecular weight excluding hydrogens is 256 g/mol. The Morgan fingerprint density at radius 2 is 1.95 bits per heavy atom. The lowest BCUT2D eigenvalue weighted by atomic mass is 9.80. The molecule has 0 spiro atoms. The molecule has 0 radical (unpaired) electrons. The van der Waals surface area contributed by atoms with Gasteiger partial charge in [-0.05, 0) is 55.0 Å². The highest BCUT2D eigenvalue weighted by Crippen LogP contribution is 2.36. The Bertz CT molecular complexity index is 544. The van der Waals surface area contributed by atoms with Crippen LogP contribution in [0.3, 0.4) is 0 Å². The zero-order valence-electron chi connectivity index (χ0n) is 12.8. The summed E-state index contributed by atoms with van der Waals surface area (Å²) in [6.45, 7) is 3.20. The highest BCUT2D eigenvalue weighted by Gasteiger charge is 2.20. The van der Waals surface area contributed by atoms with E-state index in [1.54, 1.807) is 0 Å². The first-order valence-corrected chi connectivity index (χ1v) is 8.12. The summed E-state index contributed by atoms with van der Waals surface area (Å²) in [4.78, 5) is 4.53. The molecule has 1 unspecified atom stereocenters. The van der Waals surface area contributed by atoms with E-state index in [2.05, 4.69) is 53.6 Å². The van der Waals surface area contributed by atoms with Gasteiger partial charge >= 0.3 is 0 Å². The van der Waals surface area contributed by atoms with Crippen LogP contribution in [0.25, 0.3) is 0 Å². The molecule has 1 aromatic carbocycles. The molecule has 1 saturated carbocycles. The van der Waals surface area contributed by atoms with Gasteiger partial charge < -0.3 is 5.32 Å². The first-order valence-electron chi connectivity index (χ1n) is 8.12. The third-order valence-corrected chi connectivity index (χ3v) is 4.43. The number of pyridine rings is 1. The van der Waals surface area contributed by atoms with E-state index in [4.69, 9.17) is 0 Å². The molecule has 1 aliphatic carbocycles. The van der Waals surface area contributed by atoms with Crippen molar-refractivity contribution in [1.82, 2.24) is 10.3 Å². The summed E-state index contributed by atoms with van der Waals surface area (Å²) in [6, 6.07) is 15.5. The third-order valence-electron chi connectivity index (χ3n) is 4.43. The lowest BCUT2D eigenvalue weighted by molar-refractivity contribution is 0.419. The lowest BCUT2D eigenvalue weighted by Crippen LogP contribution is -2.24. The Hall–Kier alpha value is -1.67. The summed E-state index contributed by atoms with van der Waals surface area (Å²) < 4.78 is 0.